The first-order valence-corrected chi connectivity index (χ1v) is 13.3. The molecular formula is C29H36N4O3. The van der Waals surface area contributed by atoms with Crippen LogP contribution in [-0.2, 0) is 11.3 Å². The lowest BCUT2D eigenvalue weighted by Gasteiger charge is -2.30. The quantitative estimate of drug-likeness (QED) is 0.604. The number of carbonyl (C=O) groups is 3. The van der Waals surface area contributed by atoms with E-state index in [0.29, 0.717) is 42.9 Å². The van der Waals surface area contributed by atoms with E-state index in [9.17, 15) is 14.4 Å². The fourth-order valence-corrected chi connectivity index (χ4v) is 5.66. The second-order valence-electron chi connectivity index (χ2n) is 10.4. The standard InChI is InChI=1S/C29H36N4O3/c1-21-12-17-31(18-13-21)15-6-14-30-27(34)23-8-4-7-22(19-23)20-33-25-10-3-2-9-24(25)28(35)32-16-5-11-26(32)29(33)36/h2-4,7-10,19,21,26H,5-6,11-18,20H2,1H3,(H,30,34)/t26-/m1/s1. The third kappa shape index (κ3) is 5.16. The third-order valence-corrected chi connectivity index (χ3v) is 7.83. The molecule has 2 aromatic rings. The van der Waals surface area contributed by atoms with Crippen LogP contribution in [0, 0.1) is 5.92 Å². The summed E-state index contributed by atoms with van der Waals surface area (Å²) in [6, 6.07) is 14.4. The number of likely N-dealkylation sites (tertiary alicyclic amines) is 1. The molecule has 36 heavy (non-hydrogen) atoms. The van der Waals surface area contributed by atoms with Gasteiger partial charge in [-0.15, -0.1) is 0 Å². The van der Waals surface area contributed by atoms with Crippen LogP contribution in [-0.4, -0.2) is 66.3 Å². The Labute approximate surface area is 213 Å². The van der Waals surface area contributed by atoms with E-state index in [0.717, 1.165) is 44.0 Å². The summed E-state index contributed by atoms with van der Waals surface area (Å²) in [4.78, 5) is 45.4. The molecule has 0 aromatic heterocycles. The highest BCUT2D eigenvalue weighted by Gasteiger charge is 2.41. The predicted octanol–water partition coefficient (Wildman–Crippen LogP) is 3.69. The van der Waals surface area contributed by atoms with Crippen molar-refractivity contribution >= 4 is 23.4 Å². The lowest BCUT2D eigenvalue weighted by molar-refractivity contribution is -0.122. The Bertz CT molecular complexity index is 1130. The maximum absolute atomic E-state index is 13.5. The fourth-order valence-electron chi connectivity index (χ4n) is 5.66. The van der Waals surface area contributed by atoms with E-state index in [2.05, 4.69) is 17.1 Å². The number of rotatable bonds is 7. The normalized spacial score (nSPS) is 20.8. The van der Waals surface area contributed by atoms with Crippen LogP contribution in [0.3, 0.4) is 0 Å². The largest absolute Gasteiger partial charge is 0.352 e. The molecule has 0 radical (unpaired) electrons. The number of carbonyl (C=O) groups excluding carboxylic acids is 3. The molecule has 0 aliphatic carbocycles. The first-order chi connectivity index (χ1) is 17.5. The summed E-state index contributed by atoms with van der Waals surface area (Å²) in [5, 5.41) is 3.05. The molecule has 2 fully saturated rings. The van der Waals surface area contributed by atoms with Crippen LogP contribution in [0.2, 0.25) is 0 Å². The van der Waals surface area contributed by atoms with Gasteiger partial charge in [-0.2, -0.15) is 0 Å². The minimum absolute atomic E-state index is 0.0484. The number of amides is 3. The van der Waals surface area contributed by atoms with Crippen molar-refractivity contribution in [2.75, 3.05) is 37.6 Å². The van der Waals surface area contributed by atoms with E-state index in [-0.39, 0.29) is 17.7 Å². The number of nitrogens with zero attached hydrogens (tertiary/aromatic N) is 3. The van der Waals surface area contributed by atoms with Crippen molar-refractivity contribution in [1.82, 2.24) is 15.1 Å². The zero-order chi connectivity index (χ0) is 25.1. The molecule has 3 aliphatic rings. The second-order valence-corrected chi connectivity index (χ2v) is 10.4. The van der Waals surface area contributed by atoms with Gasteiger partial charge in [0.15, 0.2) is 0 Å². The van der Waals surface area contributed by atoms with Gasteiger partial charge in [0.2, 0.25) is 5.91 Å². The van der Waals surface area contributed by atoms with Crippen LogP contribution in [0.25, 0.3) is 0 Å². The minimum Gasteiger partial charge on any atom is -0.352 e. The molecule has 1 N–H and O–H groups in total. The Kier molecular flexibility index (Phi) is 7.37. The van der Waals surface area contributed by atoms with Crippen LogP contribution in [0.4, 0.5) is 5.69 Å². The maximum Gasteiger partial charge on any atom is 0.256 e. The van der Waals surface area contributed by atoms with Gasteiger partial charge < -0.3 is 20.0 Å². The number of hydrogen-bond acceptors (Lipinski definition) is 4. The molecule has 2 saturated heterocycles. The molecule has 0 bridgehead atoms. The van der Waals surface area contributed by atoms with E-state index >= 15 is 0 Å². The van der Waals surface area contributed by atoms with Crippen molar-refractivity contribution in [2.24, 2.45) is 5.92 Å². The molecular weight excluding hydrogens is 452 g/mol. The van der Waals surface area contributed by atoms with Crippen molar-refractivity contribution in [3.63, 3.8) is 0 Å². The number of benzene rings is 2. The molecule has 0 saturated carbocycles. The highest BCUT2D eigenvalue weighted by Crippen LogP contribution is 2.33. The molecule has 3 heterocycles. The van der Waals surface area contributed by atoms with Crippen molar-refractivity contribution in [3.8, 4) is 0 Å². The first kappa shape index (κ1) is 24.5. The zero-order valence-corrected chi connectivity index (χ0v) is 21.1. The van der Waals surface area contributed by atoms with Gasteiger partial charge in [-0.25, -0.2) is 0 Å². The fraction of sp³-hybridized carbons (Fsp3) is 0.483. The predicted molar refractivity (Wildman–Crippen MR) is 140 cm³/mol. The topological polar surface area (TPSA) is 73.0 Å². The van der Waals surface area contributed by atoms with Crippen LogP contribution in [0.1, 0.15) is 65.3 Å². The number of para-hydroxylation sites is 1. The van der Waals surface area contributed by atoms with Crippen LogP contribution < -0.4 is 10.2 Å². The number of piperidine rings is 1. The average Bonchev–Trinajstić information content (AvgIpc) is 3.38. The third-order valence-electron chi connectivity index (χ3n) is 7.83. The van der Waals surface area contributed by atoms with E-state index in [1.165, 1.54) is 12.8 Å². The maximum atomic E-state index is 13.5. The molecule has 0 spiro atoms. The number of hydrogen-bond donors (Lipinski definition) is 1. The molecule has 2 aromatic carbocycles. The number of fused-ring (bicyclic) bond motifs is 2. The van der Waals surface area contributed by atoms with Gasteiger partial charge in [-0.05, 0) is 87.5 Å². The van der Waals surface area contributed by atoms with Gasteiger partial charge in [0.25, 0.3) is 11.8 Å². The molecule has 5 rings (SSSR count). The van der Waals surface area contributed by atoms with Gasteiger partial charge in [0.05, 0.1) is 17.8 Å². The molecule has 1 atom stereocenters. The summed E-state index contributed by atoms with van der Waals surface area (Å²) < 4.78 is 0. The molecule has 0 unspecified atom stereocenters. The summed E-state index contributed by atoms with van der Waals surface area (Å²) in [6.07, 6.45) is 4.98. The summed E-state index contributed by atoms with van der Waals surface area (Å²) in [6.45, 7) is 7.22. The Balaban J connectivity index is 1.24. The highest BCUT2D eigenvalue weighted by molar-refractivity contribution is 6.11. The van der Waals surface area contributed by atoms with Gasteiger partial charge in [0, 0.05) is 18.7 Å². The Morgan fingerprint density at radius 3 is 2.64 bits per heavy atom. The molecule has 7 nitrogen and oxygen atoms in total. The van der Waals surface area contributed by atoms with Crippen LogP contribution >= 0.6 is 0 Å². The monoisotopic (exact) mass is 488 g/mol. The average molecular weight is 489 g/mol. The molecule has 7 heteroatoms. The van der Waals surface area contributed by atoms with Crippen molar-refractivity contribution in [3.05, 3.63) is 65.2 Å². The Hall–Kier alpha value is -3.19. The van der Waals surface area contributed by atoms with Gasteiger partial charge in [0.1, 0.15) is 6.04 Å². The lowest BCUT2D eigenvalue weighted by atomic mass is 9.99. The summed E-state index contributed by atoms with van der Waals surface area (Å²) >= 11 is 0. The summed E-state index contributed by atoms with van der Waals surface area (Å²) in [5.41, 5.74) is 2.66. The van der Waals surface area contributed by atoms with E-state index in [4.69, 9.17) is 0 Å². The molecule has 3 amide bonds. The van der Waals surface area contributed by atoms with E-state index in [1.54, 1.807) is 15.9 Å². The second kappa shape index (κ2) is 10.8. The van der Waals surface area contributed by atoms with Crippen LogP contribution in [0.15, 0.2) is 48.5 Å². The minimum atomic E-state index is -0.417. The van der Waals surface area contributed by atoms with Gasteiger partial charge in [-0.1, -0.05) is 31.2 Å². The Morgan fingerprint density at radius 1 is 1.00 bits per heavy atom. The van der Waals surface area contributed by atoms with E-state index < -0.39 is 6.04 Å². The van der Waals surface area contributed by atoms with Crippen molar-refractivity contribution in [2.45, 2.75) is 51.6 Å². The highest BCUT2D eigenvalue weighted by atomic mass is 16.2. The number of anilines is 1. The van der Waals surface area contributed by atoms with Gasteiger partial charge >= 0.3 is 0 Å². The number of nitrogens with one attached hydrogen (secondary N) is 1. The van der Waals surface area contributed by atoms with Crippen molar-refractivity contribution < 1.29 is 14.4 Å². The summed E-state index contributed by atoms with van der Waals surface area (Å²) in [5.74, 6) is 0.608. The van der Waals surface area contributed by atoms with Crippen molar-refractivity contribution in [1.29, 1.82) is 0 Å². The Morgan fingerprint density at radius 2 is 1.81 bits per heavy atom. The smallest absolute Gasteiger partial charge is 0.256 e. The zero-order valence-electron chi connectivity index (χ0n) is 21.1. The van der Waals surface area contributed by atoms with Gasteiger partial charge in [-0.3, -0.25) is 14.4 Å². The van der Waals surface area contributed by atoms with Crippen LogP contribution in [0.5, 0.6) is 0 Å². The molecule has 190 valence electrons. The lowest BCUT2D eigenvalue weighted by Crippen LogP contribution is -2.44. The molecule has 3 aliphatic heterocycles. The van der Waals surface area contributed by atoms with E-state index in [1.807, 2.05) is 42.5 Å². The summed E-state index contributed by atoms with van der Waals surface area (Å²) in [7, 11) is 0. The SMILES string of the molecule is CC1CCN(CCCNC(=O)c2cccc(CN3C(=O)[C@H]4CCCN4C(=O)c4ccccc43)c2)CC1. The first-order valence-electron chi connectivity index (χ1n) is 13.3.